The molecule has 4 rings (SSSR count). The summed E-state index contributed by atoms with van der Waals surface area (Å²) in [5.74, 6) is -2.23. The van der Waals surface area contributed by atoms with E-state index in [1.807, 2.05) is 47.9 Å². The number of nitrogens with two attached hydrogens (primary N) is 1. The maximum absolute atomic E-state index is 12.6. The highest BCUT2D eigenvalue weighted by molar-refractivity contribution is 6.34. The van der Waals surface area contributed by atoms with Crippen molar-refractivity contribution in [3.05, 3.63) is 82.8 Å². The number of aromatic nitrogens is 2. The van der Waals surface area contributed by atoms with Gasteiger partial charge in [-0.05, 0) is 24.3 Å². The van der Waals surface area contributed by atoms with Crippen molar-refractivity contribution in [2.24, 2.45) is 10.8 Å². The maximum Gasteiger partial charge on any atom is 0.345 e. The Labute approximate surface area is 169 Å². The van der Waals surface area contributed by atoms with Gasteiger partial charge in [-0.3, -0.25) is 9.59 Å². The summed E-state index contributed by atoms with van der Waals surface area (Å²) in [6, 6.07) is 18.0. The van der Waals surface area contributed by atoms with Gasteiger partial charge in [-0.15, -0.1) is 0 Å². The van der Waals surface area contributed by atoms with Gasteiger partial charge in [0.1, 0.15) is 11.3 Å². The zero-order valence-corrected chi connectivity index (χ0v) is 15.5. The van der Waals surface area contributed by atoms with Crippen LogP contribution in [0, 0.1) is 0 Å². The average Bonchev–Trinajstić information content (AvgIpc) is 3.17. The predicted octanol–water partition coefficient (Wildman–Crippen LogP) is 1.58. The SMILES string of the molecule is NC(=O)C(=O)N/N=C\c1cn(-c2ccccc2)nc1-c1cc2ccccc2oc1=O. The molecule has 0 radical (unpaired) electrons. The zero-order valence-electron chi connectivity index (χ0n) is 15.5. The van der Waals surface area contributed by atoms with Crippen LogP contribution in [0.1, 0.15) is 5.56 Å². The molecule has 0 bridgehead atoms. The van der Waals surface area contributed by atoms with Crippen LogP contribution in [-0.2, 0) is 9.59 Å². The zero-order chi connectivity index (χ0) is 21.1. The number of para-hydroxylation sites is 2. The Balaban J connectivity index is 1.83. The van der Waals surface area contributed by atoms with Crippen molar-refractivity contribution in [2.75, 3.05) is 0 Å². The van der Waals surface area contributed by atoms with E-state index in [-0.39, 0.29) is 5.56 Å². The first kappa shape index (κ1) is 18.8. The Kier molecular flexibility index (Phi) is 4.92. The lowest BCUT2D eigenvalue weighted by atomic mass is 10.1. The van der Waals surface area contributed by atoms with Crippen molar-refractivity contribution in [3.8, 4) is 16.9 Å². The number of hydrogen-bond donors (Lipinski definition) is 2. The summed E-state index contributed by atoms with van der Waals surface area (Å²) in [4.78, 5) is 34.8. The molecule has 0 unspecified atom stereocenters. The summed E-state index contributed by atoms with van der Waals surface area (Å²) in [6.45, 7) is 0. The molecule has 0 saturated heterocycles. The van der Waals surface area contributed by atoms with Gasteiger partial charge >= 0.3 is 17.4 Å². The van der Waals surface area contributed by atoms with Gasteiger partial charge in [0.25, 0.3) is 0 Å². The largest absolute Gasteiger partial charge is 0.422 e. The van der Waals surface area contributed by atoms with E-state index in [0.29, 0.717) is 16.8 Å². The summed E-state index contributed by atoms with van der Waals surface area (Å²) >= 11 is 0. The lowest BCUT2D eigenvalue weighted by molar-refractivity contribution is -0.137. The molecule has 2 amide bonds. The van der Waals surface area contributed by atoms with Gasteiger partial charge in [0.2, 0.25) is 0 Å². The van der Waals surface area contributed by atoms with Gasteiger partial charge in [-0.1, -0.05) is 36.4 Å². The monoisotopic (exact) mass is 401 g/mol. The Bertz CT molecular complexity index is 1340. The Hall–Kier alpha value is -4.53. The second-order valence-electron chi connectivity index (χ2n) is 6.26. The molecule has 3 N–H and O–H groups in total. The normalized spacial score (nSPS) is 11.1. The number of nitrogens with zero attached hydrogens (tertiary/aromatic N) is 3. The minimum absolute atomic E-state index is 0.228. The van der Waals surface area contributed by atoms with E-state index in [1.165, 1.54) is 6.21 Å². The van der Waals surface area contributed by atoms with Crippen LogP contribution < -0.4 is 16.8 Å². The molecule has 9 nitrogen and oxygen atoms in total. The summed E-state index contributed by atoms with van der Waals surface area (Å²) in [7, 11) is 0. The number of hydrazone groups is 1. The van der Waals surface area contributed by atoms with E-state index in [9.17, 15) is 14.4 Å². The number of amides is 2. The molecule has 2 aromatic carbocycles. The van der Waals surface area contributed by atoms with Gasteiger partial charge in [0.15, 0.2) is 0 Å². The Morgan fingerprint density at radius 3 is 2.60 bits per heavy atom. The highest BCUT2D eigenvalue weighted by Gasteiger charge is 2.16. The molecule has 2 aromatic heterocycles. The predicted molar refractivity (Wildman–Crippen MR) is 110 cm³/mol. The molecule has 0 aliphatic carbocycles. The third-order valence-corrected chi connectivity index (χ3v) is 4.25. The standard InChI is InChI=1S/C21H15N5O4/c22-19(27)20(28)24-23-11-14-12-26(15-7-2-1-3-8-15)25-18(14)16-10-13-6-4-5-9-17(13)30-21(16)29/h1-12H,(H2,22,27)(H,24,28)/b23-11-. The Morgan fingerprint density at radius 1 is 1.10 bits per heavy atom. The van der Waals surface area contributed by atoms with E-state index >= 15 is 0 Å². The molecule has 9 heteroatoms. The fourth-order valence-corrected chi connectivity index (χ4v) is 2.85. The summed E-state index contributed by atoms with van der Waals surface area (Å²) in [5, 5.41) is 8.98. The third kappa shape index (κ3) is 3.72. The number of carbonyl (C=O) groups excluding carboxylic acids is 2. The number of nitrogens with one attached hydrogen (secondary N) is 1. The van der Waals surface area contributed by atoms with Crippen LogP contribution in [0.15, 0.2) is 81.2 Å². The number of primary amides is 1. The van der Waals surface area contributed by atoms with Gasteiger partial charge in [0.05, 0.1) is 17.5 Å². The molecule has 4 aromatic rings. The first-order valence-corrected chi connectivity index (χ1v) is 8.84. The topological polar surface area (TPSA) is 133 Å². The van der Waals surface area contributed by atoms with Crippen LogP contribution in [0.5, 0.6) is 0 Å². The number of carbonyl (C=O) groups is 2. The highest BCUT2D eigenvalue weighted by Crippen LogP contribution is 2.23. The minimum Gasteiger partial charge on any atom is -0.422 e. The summed E-state index contributed by atoms with van der Waals surface area (Å²) in [5.41, 5.74) is 8.51. The van der Waals surface area contributed by atoms with Crippen molar-refractivity contribution >= 4 is 29.0 Å². The van der Waals surface area contributed by atoms with Crippen LogP contribution in [0.2, 0.25) is 0 Å². The number of fused-ring (bicyclic) bond motifs is 1. The average molecular weight is 401 g/mol. The number of hydrogen-bond acceptors (Lipinski definition) is 6. The highest BCUT2D eigenvalue weighted by atomic mass is 16.4. The van der Waals surface area contributed by atoms with Gasteiger partial charge in [0, 0.05) is 17.1 Å². The van der Waals surface area contributed by atoms with Crippen molar-refractivity contribution in [2.45, 2.75) is 0 Å². The molecule has 148 valence electrons. The molecule has 0 fully saturated rings. The van der Waals surface area contributed by atoms with Crippen molar-refractivity contribution < 1.29 is 14.0 Å². The smallest absolute Gasteiger partial charge is 0.345 e. The van der Waals surface area contributed by atoms with Crippen LogP contribution in [0.4, 0.5) is 0 Å². The van der Waals surface area contributed by atoms with E-state index in [1.54, 1.807) is 29.1 Å². The molecule has 0 aliphatic rings. The minimum atomic E-state index is -1.16. The van der Waals surface area contributed by atoms with Crippen LogP contribution in [0.3, 0.4) is 0 Å². The fraction of sp³-hybridized carbons (Fsp3) is 0. The summed E-state index contributed by atoms with van der Waals surface area (Å²) < 4.78 is 6.98. The second-order valence-corrected chi connectivity index (χ2v) is 6.26. The molecule has 30 heavy (non-hydrogen) atoms. The fourth-order valence-electron chi connectivity index (χ4n) is 2.85. The van der Waals surface area contributed by atoms with Crippen LogP contribution >= 0.6 is 0 Å². The van der Waals surface area contributed by atoms with Gasteiger partial charge in [-0.25, -0.2) is 14.9 Å². The molecule has 0 atom stereocenters. The lowest BCUT2D eigenvalue weighted by Crippen LogP contribution is -2.32. The van der Waals surface area contributed by atoms with E-state index in [4.69, 9.17) is 10.2 Å². The van der Waals surface area contributed by atoms with E-state index in [2.05, 4.69) is 10.2 Å². The van der Waals surface area contributed by atoms with Crippen molar-refractivity contribution in [1.29, 1.82) is 0 Å². The molecular weight excluding hydrogens is 386 g/mol. The van der Waals surface area contributed by atoms with Gasteiger partial charge < -0.3 is 10.2 Å². The Morgan fingerprint density at radius 2 is 1.83 bits per heavy atom. The lowest BCUT2D eigenvalue weighted by Gasteiger charge is -2.01. The van der Waals surface area contributed by atoms with Gasteiger partial charge in [-0.2, -0.15) is 10.2 Å². The van der Waals surface area contributed by atoms with Crippen molar-refractivity contribution in [3.63, 3.8) is 0 Å². The number of rotatable bonds is 4. The number of benzene rings is 2. The quantitative estimate of drug-likeness (QED) is 0.232. The molecular formula is C21H15N5O4. The summed E-state index contributed by atoms with van der Waals surface area (Å²) in [6.07, 6.45) is 2.91. The first-order valence-electron chi connectivity index (χ1n) is 8.84. The molecule has 0 saturated carbocycles. The molecule has 2 heterocycles. The third-order valence-electron chi connectivity index (χ3n) is 4.25. The van der Waals surface area contributed by atoms with Crippen molar-refractivity contribution in [1.82, 2.24) is 15.2 Å². The first-order chi connectivity index (χ1) is 14.5. The van der Waals surface area contributed by atoms with Crippen LogP contribution in [0.25, 0.3) is 27.9 Å². The molecule has 0 aliphatic heterocycles. The second kappa shape index (κ2) is 7.84. The molecule has 0 spiro atoms. The van der Waals surface area contributed by atoms with E-state index in [0.717, 1.165) is 11.1 Å². The van der Waals surface area contributed by atoms with Crippen LogP contribution in [-0.4, -0.2) is 27.8 Å². The van der Waals surface area contributed by atoms with E-state index < -0.39 is 17.4 Å². The maximum atomic E-state index is 12.6.